The number of carbonyl (C=O) groups is 1. The molecule has 1 aromatic heterocycles. The van der Waals surface area contributed by atoms with Crippen LogP contribution >= 0.6 is 11.8 Å². The van der Waals surface area contributed by atoms with Gasteiger partial charge in [-0.05, 0) is 49.9 Å². The van der Waals surface area contributed by atoms with Crippen LogP contribution < -0.4 is 14.4 Å². The van der Waals surface area contributed by atoms with Crippen molar-refractivity contribution in [3.63, 3.8) is 0 Å². The van der Waals surface area contributed by atoms with Crippen molar-refractivity contribution in [1.29, 1.82) is 0 Å². The average molecular weight is 423 g/mol. The Morgan fingerprint density at radius 2 is 2.03 bits per heavy atom. The number of carbonyl (C=O) groups excluding carboxylic acids is 1. The quantitative estimate of drug-likeness (QED) is 0.576. The number of fused-ring (bicyclic) bond motifs is 3. The summed E-state index contributed by atoms with van der Waals surface area (Å²) in [4.78, 5) is 19.0. The maximum absolute atomic E-state index is 12.8. The van der Waals surface area contributed by atoms with Crippen molar-refractivity contribution in [3.8, 4) is 22.9 Å². The number of rotatable bonds is 4. The molecule has 0 aliphatic carbocycles. The second-order valence-corrected chi connectivity index (χ2v) is 7.56. The number of aromatic nitrogens is 3. The second-order valence-electron chi connectivity index (χ2n) is 6.79. The fraction of sp³-hybridized carbons (Fsp3) is 0.273. The van der Waals surface area contributed by atoms with Crippen molar-refractivity contribution in [2.24, 2.45) is 0 Å². The van der Waals surface area contributed by atoms with E-state index in [2.05, 4.69) is 15.2 Å². The summed E-state index contributed by atoms with van der Waals surface area (Å²) in [6.07, 6.45) is 1.18. The third kappa shape index (κ3) is 3.59. The molecule has 1 atom stereocenters. The minimum atomic E-state index is -0.703. The van der Waals surface area contributed by atoms with Gasteiger partial charge >= 0.3 is 0 Å². The van der Waals surface area contributed by atoms with Gasteiger partial charge in [-0.1, -0.05) is 30.0 Å². The summed E-state index contributed by atoms with van der Waals surface area (Å²) in [5.74, 6) is 1.01. The molecular weight excluding hydrogens is 400 g/mol. The molecule has 0 N–H and O–H groups in total. The van der Waals surface area contributed by atoms with Gasteiger partial charge in [-0.15, -0.1) is 10.2 Å². The predicted octanol–water partition coefficient (Wildman–Crippen LogP) is 4.41. The average Bonchev–Trinajstić information content (AvgIpc) is 2.89. The molecular formula is C22H22N4O3S. The molecule has 0 fully saturated rings. The van der Waals surface area contributed by atoms with E-state index in [0.29, 0.717) is 29.0 Å². The first-order chi connectivity index (χ1) is 14.5. The SMILES string of the molecule is CCOc1ccc(C2Oc3nc(SC)nnc3-c3ccccc3N2C(C)=O)cc1C. The van der Waals surface area contributed by atoms with Gasteiger partial charge in [0.15, 0.2) is 5.69 Å². The largest absolute Gasteiger partial charge is 0.494 e. The Hall–Kier alpha value is -3.13. The van der Waals surface area contributed by atoms with E-state index < -0.39 is 6.23 Å². The standard InChI is InChI=1S/C22H22N4O3S/c1-5-28-18-11-10-15(12-13(18)2)21-26(14(3)27)17-9-7-6-8-16(17)19-20(29-21)23-22(30-4)25-24-19/h6-12,21H,5H2,1-4H3. The number of para-hydroxylation sites is 1. The van der Waals surface area contributed by atoms with E-state index in [1.807, 2.05) is 62.6 Å². The predicted molar refractivity (Wildman–Crippen MR) is 116 cm³/mol. The van der Waals surface area contributed by atoms with Crippen molar-refractivity contribution >= 4 is 23.4 Å². The van der Waals surface area contributed by atoms with Crippen LogP contribution in [0.1, 0.15) is 31.2 Å². The van der Waals surface area contributed by atoms with Crippen LogP contribution in [0.25, 0.3) is 11.3 Å². The zero-order valence-corrected chi connectivity index (χ0v) is 18.1. The van der Waals surface area contributed by atoms with Crippen LogP contribution in [0.3, 0.4) is 0 Å². The summed E-state index contributed by atoms with van der Waals surface area (Å²) in [5, 5.41) is 9.02. The summed E-state index contributed by atoms with van der Waals surface area (Å²) in [7, 11) is 0. The second kappa shape index (κ2) is 8.31. The lowest BCUT2D eigenvalue weighted by Crippen LogP contribution is -2.36. The fourth-order valence-electron chi connectivity index (χ4n) is 3.50. The third-order valence-electron chi connectivity index (χ3n) is 4.82. The van der Waals surface area contributed by atoms with E-state index >= 15 is 0 Å². The lowest BCUT2D eigenvalue weighted by Gasteiger charge is -2.30. The van der Waals surface area contributed by atoms with Crippen LogP contribution in [0, 0.1) is 6.92 Å². The van der Waals surface area contributed by atoms with Crippen LogP contribution in [0.15, 0.2) is 47.6 Å². The number of nitrogens with zero attached hydrogens (tertiary/aromatic N) is 4. The molecule has 0 spiro atoms. The Kier molecular flexibility index (Phi) is 5.59. The molecule has 2 aromatic carbocycles. The molecule has 30 heavy (non-hydrogen) atoms. The highest BCUT2D eigenvalue weighted by molar-refractivity contribution is 7.98. The Morgan fingerprint density at radius 3 is 2.73 bits per heavy atom. The first-order valence-electron chi connectivity index (χ1n) is 9.61. The van der Waals surface area contributed by atoms with Crippen LogP contribution in [-0.4, -0.2) is 34.0 Å². The van der Waals surface area contributed by atoms with Crippen molar-refractivity contribution in [1.82, 2.24) is 15.2 Å². The van der Waals surface area contributed by atoms with Gasteiger partial charge in [0.2, 0.25) is 23.2 Å². The van der Waals surface area contributed by atoms with E-state index in [0.717, 1.165) is 22.4 Å². The Balaban J connectivity index is 1.91. The number of hydrogen-bond donors (Lipinski definition) is 0. The van der Waals surface area contributed by atoms with Crippen LogP contribution in [0.2, 0.25) is 0 Å². The van der Waals surface area contributed by atoms with Crippen LogP contribution in [0.5, 0.6) is 11.6 Å². The molecule has 0 saturated heterocycles. The molecule has 8 heteroatoms. The smallest absolute Gasteiger partial charge is 0.247 e. The van der Waals surface area contributed by atoms with E-state index in [1.54, 1.807) is 4.90 Å². The van der Waals surface area contributed by atoms with Gasteiger partial charge in [0, 0.05) is 18.1 Å². The van der Waals surface area contributed by atoms with Gasteiger partial charge in [0.1, 0.15) is 5.75 Å². The number of anilines is 1. The molecule has 2 heterocycles. The van der Waals surface area contributed by atoms with Gasteiger partial charge < -0.3 is 9.47 Å². The zero-order chi connectivity index (χ0) is 21.3. The highest BCUT2D eigenvalue weighted by atomic mass is 32.2. The summed E-state index contributed by atoms with van der Waals surface area (Å²) >= 11 is 1.38. The number of benzene rings is 2. The van der Waals surface area contributed by atoms with Crippen molar-refractivity contribution in [2.75, 3.05) is 17.8 Å². The molecule has 4 rings (SSSR count). The summed E-state index contributed by atoms with van der Waals surface area (Å²) in [5.41, 5.74) is 3.75. The van der Waals surface area contributed by atoms with Crippen LogP contribution in [-0.2, 0) is 4.79 Å². The molecule has 0 radical (unpaired) electrons. The first kappa shape index (κ1) is 20.2. The topological polar surface area (TPSA) is 77.4 Å². The normalized spacial score (nSPS) is 14.9. The number of hydrogen-bond acceptors (Lipinski definition) is 7. The minimum absolute atomic E-state index is 0.148. The minimum Gasteiger partial charge on any atom is -0.494 e. The Bertz CT molecular complexity index is 1110. The maximum atomic E-state index is 12.8. The van der Waals surface area contributed by atoms with Crippen LogP contribution in [0.4, 0.5) is 5.69 Å². The van der Waals surface area contributed by atoms with Crippen molar-refractivity contribution in [2.45, 2.75) is 32.2 Å². The molecule has 154 valence electrons. The molecule has 0 saturated carbocycles. The van der Waals surface area contributed by atoms with Gasteiger partial charge in [0.25, 0.3) is 0 Å². The Labute approximate surface area is 179 Å². The summed E-state index contributed by atoms with van der Waals surface area (Å²) in [6.45, 7) is 6.03. The summed E-state index contributed by atoms with van der Waals surface area (Å²) < 4.78 is 12.0. The summed E-state index contributed by atoms with van der Waals surface area (Å²) in [6, 6.07) is 13.4. The highest BCUT2D eigenvalue weighted by Gasteiger charge is 2.34. The van der Waals surface area contributed by atoms with E-state index in [1.165, 1.54) is 18.7 Å². The monoisotopic (exact) mass is 422 g/mol. The molecule has 1 unspecified atom stereocenters. The van der Waals surface area contributed by atoms with Gasteiger partial charge in [0.05, 0.1) is 12.3 Å². The van der Waals surface area contributed by atoms with Gasteiger partial charge in [-0.3, -0.25) is 9.69 Å². The molecule has 1 aliphatic heterocycles. The lowest BCUT2D eigenvalue weighted by atomic mass is 10.1. The van der Waals surface area contributed by atoms with E-state index in [-0.39, 0.29) is 5.91 Å². The number of thioether (sulfide) groups is 1. The zero-order valence-electron chi connectivity index (χ0n) is 17.2. The first-order valence-corrected chi connectivity index (χ1v) is 10.8. The van der Waals surface area contributed by atoms with Gasteiger partial charge in [-0.2, -0.15) is 4.98 Å². The Morgan fingerprint density at radius 1 is 1.23 bits per heavy atom. The van der Waals surface area contributed by atoms with E-state index in [4.69, 9.17) is 9.47 Å². The molecule has 1 aliphatic rings. The number of amides is 1. The highest BCUT2D eigenvalue weighted by Crippen LogP contribution is 2.43. The number of ether oxygens (including phenoxy) is 2. The van der Waals surface area contributed by atoms with Gasteiger partial charge in [-0.25, -0.2) is 0 Å². The molecule has 0 bridgehead atoms. The molecule has 3 aromatic rings. The van der Waals surface area contributed by atoms with Crippen molar-refractivity contribution < 1.29 is 14.3 Å². The molecule has 7 nitrogen and oxygen atoms in total. The lowest BCUT2D eigenvalue weighted by molar-refractivity contribution is -0.118. The molecule has 1 amide bonds. The van der Waals surface area contributed by atoms with E-state index in [9.17, 15) is 4.79 Å². The third-order valence-corrected chi connectivity index (χ3v) is 5.36. The van der Waals surface area contributed by atoms with Crippen molar-refractivity contribution in [3.05, 3.63) is 53.6 Å². The number of aryl methyl sites for hydroxylation is 1. The maximum Gasteiger partial charge on any atom is 0.247 e. The fourth-order valence-corrected chi connectivity index (χ4v) is 3.80.